The van der Waals surface area contributed by atoms with E-state index in [1.165, 1.54) is 0 Å². The van der Waals surface area contributed by atoms with E-state index in [9.17, 15) is 0 Å². The summed E-state index contributed by atoms with van der Waals surface area (Å²) in [6.45, 7) is 2.00. The Morgan fingerprint density at radius 3 is 1.73 bits per heavy atom. The molecule has 8 aromatic rings. The lowest BCUT2D eigenvalue weighted by Gasteiger charge is -2.09. The molecule has 0 fully saturated rings. The van der Waals surface area contributed by atoms with Crippen LogP contribution in [0.15, 0.2) is 144 Å². The Morgan fingerprint density at radius 2 is 1.02 bits per heavy atom. The quantitative estimate of drug-likeness (QED) is 0.207. The lowest BCUT2D eigenvalue weighted by Crippen LogP contribution is -2.00. The highest BCUT2D eigenvalue weighted by molar-refractivity contribution is 6.12. The van der Waals surface area contributed by atoms with Gasteiger partial charge in [-0.05, 0) is 48.4 Å². The highest BCUT2D eigenvalue weighted by Crippen LogP contribution is 2.38. The maximum atomic E-state index is 6.39. The van der Waals surface area contributed by atoms with Crippen molar-refractivity contribution in [2.24, 2.45) is 0 Å². The molecule has 3 aromatic heterocycles. The normalized spacial score (nSPS) is 11.3. The first-order chi connectivity index (χ1) is 21.7. The molecule has 0 amide bonds. The molecule has 0 saturated carbocycles. The van der Waals surface area contributed by atoms with Crippen LogP contribution in [0.5, 0.6) is 0 Å². The summed E-state index contributed by atoms with van der Waals surface area (Å²) in [5.41, 5.74) is 9.60. The number of fused-ring (bicyclic) bond motifs is 3. The van der Waals surface area contributed by atoms with Gasteiger partial charge in [0.2, 0.25) is 0 Å². The van der Waals surface area contributed by atoms with Crippen LogP contribution in [0.25, 0.3) is 78.5 Å². The summed E-state index contributed by atoms with van der Waals surface area (Å²) in [5.74, 6) is 1.81. The number of benzene rings is 5. The van der Waals surface area contributed by atoms with E-state index in [2.05, 4.69) is 59.6 Å². The third kappa shape index (κ3) is 4.71. The predicted octanol–water partition coefficient (Wildman–Crippen LogP) is 9.81. The molecular formula is C39H26N4O. The van der Waals surface area contributed by atoms with Crippen LogP contribution in [0, 0.1) is 6.92 Å². The van der Waals surface area contributed by atoms with Crippen LogP contribution in [0.4, 0.5) is 0 Å². The first kappa shape index (κ1) is 25.7. The van der Waals surface area contributed by atoms with Gasteiger partial charge in [-0.25, -0.2) is 15.0 Å². The molecule has 0 spiro atoms. The van der Waals surface area contributed by atoms with Gasteiger partial charge in [0.15, 0.2) is 17.5 Å². The molecule has 0 bridgehead atoms. The molecule has 0 aliphatic rings. The molecule has 3 heterocycles. The number of furan rings is 1. The zero-order valence-electron chi connectivity index (χ0n) is 24.0. The van der Waals surface area contributed by atoms with Gasteiger partial charge in [-0.3, -0.25) is 4.98 Å². The smallest absolute Gasteiger partial charge is 0.164 e. The second kappa shape index (κ2) is 10.7. The van der Waals surface area contributed by atoms with Crippen molar-refractivity contribution in [1.82, 2.24) is 19.9 Å². The van der Waals surface area contributed by atoms with Crippen molar-refractivity contribution in [2.45, 2.75) is 6.92 Å². The molecule has 0 radical (unpaired) electrons. The zero-order chi connectivity index (χ0) is 29.5. The summed E-state index contributed by atoms with van der Waals surface area (Å²) >= 11 is 0. The van der Waals surface area contributed by atoms with Crippen molar-refractivity contribution in [3.8, 4) is 56.5 Å². The van der Waals surface area contributed by atoms with E-state index in [4.69, 9.17) is 19.4 Å². The molecule has 8 rings (SSSR count). The fourth-order valence-electron chi connectivity index (χ4n) is 5.67. The van der Waals surface area contributed by atoms with E-state index in [1.54, 1.807) is 0 Å². The number of nitrogens with zero attached hydrogens (tertiary/aromatic N) is 4. The summed E-state index contributed by atoms with van der Waals surface area (Å²) in [6, 6.07) is 47.1. The molecule has 0 unspecified atom stereocenters. The summed E-state index contributed by atoms with van der Waals surface area (Å²) in [4.78, 5) is 19.5. The molecule has 0 saturated heterocycles. The Labute approximate surface area is 254 Å². The Balaban J connectivity index is 1.25. The maximum absolute atomic E-state index is 6.39. The third-order valence-electron chi connectivity index (χ3n) is 7.83. The van der Waals surface area contributed by atoms with Crippen molar-refractivity contribution < 1.29 is 4.42 Å². The van der Waals surface area contributed by atoms with Crippen LogP contribution in [-0.4, -0.2) is 19.9 Å². The molecule has 5 heteroatoms. The highest BCUT2D eigenvalue weighted by Gasteiger charge is 2.16. The van der Waals surface area contributed by atoms with Crippen molar-refractivity contribution in [3.05, 3.63) is 145 Å². The van der Waals surface area contributed by atoms with Crippen molar-refractivity contribution in [3.63, 3.8) is 0 Å². The summed E-state index contributed by atoms with van der Waals surface area (Å²) in [5, 5.41) is 2.16. The van der Waals surface area contributed by atoms with Gasteiger partial charge in [0.25, 0.3) is 0 Å². The van der Waals surface area contributed by atoms with E-state index in [-0.39, 0.29) is 0 Å². The third-order valence-corrected chi connectivity index (χ3v) is 7.83. The van der Waals surface area contributed by atoms with Gasteiger partial charge >= 0.3 is 0 Å². The molecule has 0 atom stereocenters. The summed E-state index contributed by atoms with van der Waals surface area (Å²) < 4.78 is 6.39. The second-order valence-corrected chi connectivity index (χ2v) is 10.8. The largest absolute Gasteiger partial charge is 0.456 e. The van der Waals surface area contributed by atoms with Gasteiger partial charge in [0.1, 0.15) is 11.2 Å². The van der Waals surface area contributed by atoms with Gasteiger partial charge in [-0.1, -0.05) is 109 Å². The molecule has 0 N–H and O–H groups in total. The molecule has 5 nitrogen and oxygen atoms in total. The fourth-order valence-corrected chi connectivity index (χ4v) is 5.67. The minimum atomic E-state index is 0.587. The minimum Gasteiger partial charge on any atom is -0.456 e. The van der Waals surface area contributed by atoms with Crippen LogP contribution in [0.2, 0.25) is 0 Å². The minimum absolute atomic E-state index is 0.587. The van der Waals surface area contributed by atoms with Crippen LogP contribution in [-0.2, 0) is 0 Å². The van der Waals surface area contributed by atoms with Crippen LogP contribution in [0.1, 0.15) is 5.69 Å². The van der Waals surface area contributed by atoms with E-state index < -0.39 is 0 Å². The monoisotopic (exact) mass is 566 g/mol. The number of pyridine rings is 1. The summed E-state index contributed by atoms with van der Waals surface area (Å²) in [7, 11) is 0. The Bertz CT molecular complexity index is 2270. The Kier molecular flexibility index (Phi) is 6.27. The molecule has 208 valence electrons. The van der Waals surface area contributed by atoms with Gasteiger partial charge in [-0.15, -0.1) is 0 Å². The molecule has 5 aromatic carbocycles. The Hall–Kier alpha value is -5.94. The van der Waals surface area contributed by atoms with Crippen LogP contribution >= 0.6 is 0 Å². The highest BCUT2D eigenvalue weighted by atomic mass is 16.3. The first-order valence-corrected chi connectivity index (χ1v) is 14.6. The van der Waals surface area contributed by atoms with Crippen LogP contribution < -0.4 is 0 Å². The maximum Gasteiger partial charge on any atom is 0.164 e. The van der Waals surface area contributed by atoms with Crippen molar-refractivity contribution >= 4 is 21.9 Å². The van der Waals surface area contributed by atoms with Crippen LogP contribution in [0.3, 0.4) is 0 Å². The molecule has 0 aliphatic heterocycles. The number of hydrogen-bond acceptors (Lipinski definition) is 5. The van der Waals surface area contributed by atoms with Crippen molar-refractivity contribution in [2.75, 3.05) is 0 Å². The number of aryl methyl sites for hydroxylation is 1. The van der Waals surface area contributed by atoms with Gasteiger partial charge in [-0.2, -0.15) is 0 Å². The lowest BCUT2D eigenvalue weighted by atomic mass is 9.99. The van der Waals surface area contributed by atoms with Crippen molar-refractivity contribution in [1.29, 1.82) is 0 Å². The fraction of sp³-hybridized carbons (Fsp3) is 0.0256. The lowest BCUT2D eigenvalue weighted by molar-refractivity contribution is 0.669. The number of hydrogen-bond donors (Lipinski definition) is 0. The molecule has 44 heavy (non-hydrogen) atoms. The second-order valence-electron chi connectivity index (χ2n) is 10.8. The average Bonchev–Trinajstić information content (AvgIpc) is 3.47. The average molecular weight is 567 g/mol. The first-order valence-electron chi connectivity index (χ1n) is 14.6. The van der Waals surface area contributed by atoms with E-state index in [0.29, 0.717) is 17.5 Å². The summed E-state index contributed by atoms with van der Waals surface area (Å²) in [6.07, 6.45) is 0. The van der Waals surface area contributed by atoms with E-state index in [0.717, 1.165) is 66.7 Å². The topological polar surface area (TPSA) is 64.7 Å². The van der Waals surface area contributed by atoms with E-state index >= 15 is 0 Å². The number of rotatable bonds is 5. The predicted molar refractivity (Wildman–Crippen MR) is 177 cm³/mol. The molecule has 0 aliphatic carbocycles. The van der Waals surface area contributed by atoms with Gasteiger partial charge in [0.05, 0.1) is 5.69 Å². The SMILES string of the molecule is Cc1cccc(-c2ccc(-c3nc(-c4ccccc4)nc(-c4ccc5c(c4)oc4cccc(-c6ccccc6)c45)n3)cc2)n1. The van der Waals surface area contributed by atoms with E-state index in [1.807, 2.05) is 91.9 Å². The standard InChI is InChI=1S/C39H26N4O/c1-25-10-8-16-33(40-25)27-18-20-29(21-19-27)38-41-37(28-13-6-3-7-14-28)42-39(43-38)30-22-23-32-35(24-30)44-34-17-9-15-31(36(32)34)26-11-4-2-5-12-26/h2-24H,1H3. The van der Waals surface area contributed by atoms with Gasteiger partial charge < -0.3 is 4.42 Å². The zero-order valence-corrected chi connectivity index (χ0v) is 24.0. The van der Waals surface area contributed by atoms with Gasteiger partial charge in [0, 0.05) is 38.7 Å². The molecular weight excluding hydrogens is 540 g/mol. The number of aromatic nitrogens is 4. The Morgan fingerprint density at radius 1 is 0.432 bits per heavy atom.